The van der Waals surface area contributed by atoms with E-state index in [2.05, 4.69) is 32.9 Å². The van der Waals surface area contributed by atoms with Gasteiger partial charge >= 0.3 is 0 Å². The highest BCUT2D eigenvalue weighted by Crippen LogP contribution is 2.22. The molecule has 0 bridgehead atoms. The summed E-state index contributed by atoms with van der Waals surface area (Å²) in [5.41, 5.74) is 3.12. The molecular weight excluding hydrogens is 144 g/mol. The average Bonchev–Trinajstić information content (AvgIpc) is 2.09. The maximum atomic E-state index is 2.38. The summed E-state index contributed by atoms with van der Waals surface area (Å²) in [5, 5.41) is 0. The standard InChI is InChI=1S/C10H16.C2H6/c1-8(2)10-6-4-9(3)5-7-10;1-2/h4,7-8H,5-6H2,1-3H3;1-2H3. The monoisotopic (exact) mass is 166 g/mol. The second-order valence-electron chi connectivity index (χ2n) is 3.39. The number of allylic oxidation sites excluding steroid dienone is 4. The third-order valence-corrected chi connectivity index (χ3v) is 2.11. The molecule has 0 atom stereocenters. The van der Waals surface area contributed by atoms with Gasteiger partial charge in [0.15, 0.2) is 0 Å². The van der Waals surface area contributed by atoms with Crippen LogP contribution in [0.4, 0.5) is 0 Å². The van der Waals surface area contributed by atoms with Gasteiger partial charge in [0.1, 0.15) is 0 Å². The zero-order chi connectivity index (χ0) is 9.56. The summed E-state index contributed by atoms with van der Waals surface area (Å²) in [6.45, 7) is 10.7. The minimum atomic E-state index is 0.740. The van der Waals surface area contributed by atoms with Crippen molar-refractivity contribution in [2.24, 2.45) is 5.92 Å². The molecule has 0 aromatic carbocycles. The summed E-state index contributed by atoms with van der Waals surface area (Å²) in [7, 11) is 0. The van der Waals surface area contributed by atoms with Gasteiger partial charge < -0.3 is 0 Å². The van der Waals surface area contributed by atoms with Crippen molar-refractivity contribution in [2.75, 3.05) is 0 Å². The predicted molar refractivity (Wildman–Crippen MR) is 57.3 cm³/mol. The molecule has 0 fully saturated rings. The van der Waals surface area contributed by atoms with E-state index in [0.29, 0.717) is 0 Å². The fourth-order valence-corrected chi connectivity index (χ4v) is 1.22. The Morgan fingerprint density at radius 1 is 1.08 bits per heavy atom. The highest BCUT2D eigenvalue weighted by atomic mass is 14.1. The van der Waals surface area contributed by atoms with Gasteiger partial charge in [-0.1, -0.05) is 51.0 Å². The van der Waals surface area contributed by atoms with Crippen LogP contribution in [-0.4, -0.2) is 0 Å². The van der Waals surface area contributed by atoms with Gasteiger partial charge in [0.25, 0.3) is 0 Å². The van der Waals surface area contributed by atoms with Crippen molar-refractivity contribution < 1.29 is 0 Å². The van der Waals surface area contributed by atoms with Gasteiger partial charge in [-0.3, -0.25) is 0 Å². The summed E-state index contributed by atoms with van der Waals surface area (Å²) in [4.78, 5) is 0. The Labute approximate surface area is 77.4 Å². The minimum Gasteiger partial charge on any atom is -0.0812 e. The van der Waals surface area contributed by atoms with Crippen LogP contribution in [0.15, 0.2) is 23.3 Å². The van der Waals surface area contributed by atoms with Gasteiger partial charge in [-0.15, -0.1) is 0 Å². The van der Waals surface area contributed by atoms with Crippen LogP contribution < -0.4 is 0 Å². The summed E-state index contributed by atoms with van der Waals surface area (Å²) in [6.07, 6.45) is 7.08. The molecule has 0 heterocycles. The Bertz CT molecular complexity index is 170. The van der Waals surface area contributed by atoms with Gasteiger partial charge in [0.05, 0.1) is 0 Å². The molecule has 12 heavy (non-hydrogen) atoms. The zero-order valence-electron chi connectivity index (χ0n) is 9.15. The smallest absolute Gasteiger partial charge is 0.0133 e. The van der Waals surface area contributed by atoms with Gasteiger partial charge in [-0.05, 0) is 25.7 Å². The van der Waals surface area contributed by atoms with Crippen LogP contribution in [0, 0.1) is 5.92 Å². The second kappa shape index (κ2) is 6.05. The number of hydrogen-bond donors (Lipinski definition) is 0. The van der Waals surface area contributed by atoms with Crippen molar-refractivity contribution in [1.82, 2.24) is 0 Å². The van der Waals surface area contributed by atoms with Crippen LogP contribution in [0.2, 0.25) is 0 Å². The van der Waals surface area contributed by atoms with Crippen molar-refractivity contribution in [2.45, 2.75) is 47.5 Å². The topological polar surface area (TPSA) is 0 Å². The largest absolute Gasteiger partial charge is 0.0812 e. The number of rotatable bonds is 1. The van der Waals surface area contributed by atoms with Gasteiger partial charge in [-0.25, -0.2) is 0 Å². The van der Waals surface area contributed by atoms with Crippen LogP contribution in [-0.2, 0) is 0 Å². The molecule has 0 aromatic rings. The Morgan fingerprint density at radius 3 is 2.00 bits per heavy atom. The molecule has 0 spiro atoms. The Hall–Kier alpha value is -0.520. The second-order valence-corrected chi connectivity index (χ2v) is 3.39. The normalized spacial score (nSPS) is 16.2. The summed E-state index contributed by atoms with van der Waals surface area (Å²) in [6, 6.07) is 0. The maximum absolute atomic E-state index is 2.38. The highest BCUT2D eigenvalue weighted by molar-refractivity contribution is 5.21. The van der Waals surface area contributed by atoms with Crippen LogP contribution in [0.25, 0.3) is 0 Å². The first-order valence-electron chi connectivity index (χ1n) is 5.04. The maximum Gasteiger partial charge on any atom is -0.0133 e. The molecule has 0 saturated carbocycles. The lowest BCUT2D eigenvalue weighted by molar-refractivity contribution is 0.733. The van der Waals surface area contributed by atoms with Gasteiger partial charge in [-0.2, -0.15) is 0 Å². The molecule has 0 unspecified atom stereocenters. The van der Waals surface area contributed by atoms with E-state index >= 15 is 0 Å². The summed E-state index contributed by atoms with van der Waals surface area (Å²) >= 11 is 0. The molecule has 0 radical (unpaired) electrons. The molecule has 0 N–H and O–H groups in total. The van der Waals surface area contributed by atoms with Crippen LogP contribution in [0.3, 0.4) is 0 Å². The van der Waals surface area contributed by atoms with Crippen molar-refractivity contribution in [3.05, 3.63) is 23.3 Å². The first-order valence-corrected chi connectivity index (χ1v) is 5.04. The highest BCUT2D eigenvalue weighted by Gasteiger charge is 2.04. The lowest BCUT2D eigenvalue weighted by atomic mass is 9.93. The summed E-state index contributed by atoms with van der Waals surface area (Å²) in [5.74, 6) is 0.740. The van der Waals surface area contributed by atoms with Crippen molar-refractivity contribution >= 4 is 0 Å². The fraction of sp³-hybridized carbons (Fsp3) is 0.667. The van der Waals surface area contributed by atoms with E-state index in [1.165, 1.54) is 18.4 Å². The first kappa shape index (κ1) is 11.5. The molecule has 0 aliphatic heterocycles. The van der Waals surface area contributed by atoms with Crippen molar-refractivity contribution in [3.63, 3.8) is 0 Å². The molecule has 1 rings (SSSR count). The molecule has 1 aliphatic carbocycles. The summed E-state index contributed by atoms with van der Waals surface area (Å²) < 4.78 is 0. The molecule has 0 amide bonds. The molecule has 1 aliphatic rings. The Kier molecular flexibility index (Phi) is 5.79. The quantitative estimate of drug-likeness (QED) is 0.508. The molecule has 0 saturated heterocycles. The molecule has 0 heteroatoms. The molecule has 70 valence electrons. The first-order chi connectivity index (χ1) is 5.70. The van der Waals surface area contributed by atoms with Crippen LogP contribution in [0.1, 0.15) is 47.5 Å². The van der Waals surface area contributed by atoms with E-state index in [0.717, 1.165) is 5.92 Å². The van der Waals surface area contributed by atoms with E-state index in [9.17, 15) is 0 Å². The van der Waals surface area contributed by atoms with E-state index in [1.807, 2.05) is 13.8 Å². The SMILES string of the molecule is CC.CC1=CCC(C(C)C)=CC1. The fourth-order valence-electron chi connectivity index (χ4n) is 1.22. The predicted octanol–water partition coefficient (Wildman–Crippen LogP) is 4.34. The minimum absolute atomic E-state index is 0.740. The van der Waals surface area contributed by atoms with Gasteiger partial charge in [0, 0.05) is 0 Å². The average molecular weight is 166 g/mol. The van der Waals surface area contributed by atoms with Gasteiger partial charge in [0.2, 0.25) is 0 Å². The Morgan fingerprint density at radius 2 is 1.67 bits per heavy atom. The van der Waals surface area contributed by atoms with Crippen LogP contribution >= 0.6 is 0 Å². The molecule has 0 aromatic heterocycles. The van der Waals surface area contributed by atoms with Crippen molar-refractivity contribution in [1.29, 1.82) is 0 Å². The van der Waals surface area contributed by atoms with E-state index in [1.54, 1.807) is 5.57 Å². The zero-order valence-corrected chi connectivity index (χ0v) is 9.15. The van der Waals surface area contributed by atoms with Crippen LogP contribution in [0.5, 0.6) is 0 Å². The van der Waals surface area contributed by atoms with Crippen molar-refractivity contribution in [3.8, 4) is 0 Å². The number of hydrogen-bond acceptors (Lipinski definition) is 0. The third-order valence-electron chi connectivity index (χ3n) is 2.11. The molecular formula is C12H22. The third kappa shape index (κ3) is 3.75. The van der Waals surface area contributed by atoms with E-state index < -0.39 is 0 Å². The van der Waals surface area contributed by atoms with E-state index in [4.69, 9.17) is 0 Å². The lowest BCUT2D eigenvalue weighted by Crippen LogP contribution is -1.96. The van der Waals surface area contributed by atoms with E-state index in [-0.39, 0.29) is 0 Å². The molecule has 0 nitrogen and oxygen atoms in total. The Balaban J connectivity index is 0.000000561. The lowest BCUT2D eigenvalue weighted by Gasteiger charge is -2.13.